The van der Waals surface area contributed by atoms with Crippen LogP contribution in [0.2, 0.25) is 0 Å². The highest BCUT2D eigenvalue weighted by Crippen LogP contribution is 2.38. The van der Waals surface area contributed by atoms with Gasteiger partial charge in [0, 0.05) is 5.69 Å². The number of rotatable bonds is 3. The van der Waals surface area contributed by atoms with Crippen LogP contribution < -0.4 is 5.73 Å². The van der Waals surface area contributed by atoms with Gasteiger partial charge in [0.25, 0.3) is 5.89 Å². The van der Waals surface area contributed by atoms with Gasteiger partial charge in [0.2, 0.25) is 0 Å². The lowest BCUT2D eigenvalue weighted by Gasteiger charge is -2.01. The van der Waals surface area contributed by atoms with Crippen LogP contribution in [0.3, 0.4) is 0 Å². The zero-order valence-corrected chi connectivity index (χ0v) is 8.97. The third-order valence-corrected chi connectivity index (χ3v) is 2.93. The van der Waals surface area contributed by atoms with E-state index in [0.717, 1.165) is 24.1 Å². The summed E-state index contributed by atoms with van der Waals surface area (Å²) in [5.41, 5.74) is 7.74. The van der Waals surface area contributed by atoms with Crippen molar-refractivity contribution in [1.29, 1.82) is 0 Å². The molecule has 0 saturated heterocycles. The smallest absolute Gasteiger partial charge is 0.261 e. The molecule has 0 aliphatic heterocycles. The van der Waals surface area contributed by atoms with Crippen molar-refractivity contribution in [1.82, 2.24) is 20.3 Å². The first-order valence-corrected chi connectivity index (χ1v) is 5.35. The van der Waals surface area contributed by atoms with Gasteiger partial charge in [-0.3, -0.25) is 5.10 Å². The van der Waals surface area contributed by atoms with Gasteiger partial charge in [-0.15, -0.1) is 0 Å². The van der Waals surface area contributed by atoms with E-state index >= 15 is 0 Å². The molecule has 0 amide bonds. The normalized spacial score (nSPS) is 17.6. The van der Waals surface area contributed by atoms with Crippen LogP contribution in [0.4, 0.5) is 0 Å². The van der Waals surface area contributed by atoms with Crippen molar-refractivity contribution in [3.05, 3.63) is 17.7 Å². The number of nitrogens with one attached hydrogen (secondary N) is 1. The van der Waals surface area contributed by atoms with Crippen molar-refractivity contribution < 1.29 is 4.52 Å². The number of aromatic amines is 1. The van der Waals surface area contributed by atoms with E-state index in [1.165, 1.54) is 0 Å². The van der Waals surface area contributed by atoms with Crippen molar-refractivity contribution >= 4 is 0 Å². The Morgan fingerprint density at radius 1 is 1.56 bits per heavy atom. The molecule has 16 heavy (non-hydrogen) atoms. The van der Waals surface area contributed by atoms with Crippen LogP contribution in [0.25, 0.3) is 11.5 Å². The largest absolute Gasteiger partial charge is 0.334 e. The maximum absolute atomic E-state index is 6.00. The third kappa shape index (κ3) is 1.51. The van der Waals surface area contributed by atoms with Gasteiger partial charge in [-0.2, -0.15) is 10.1 Å². The standard InChI is InChI=1S/C10H13N5O/c1-5-7(4-12-14-5)10-13-9(15-16-10)8(11)6-2-3-6/h4,6,8H,2-3,11H2,1H3,(H,12,14). The highest BCUT2D eigenvalue weighted by atomic mass is 16.5. The quantitative estimate of drug-likeness (QED) is 0.808. The molecule has 1 aliphatic carbocycles. The van der Waals surface area contributed by atoms with Gasteiger partial charge >= 0.3 is 0 Å². The molecule has 2 aromatic heterocycles. The van der Waals surface area contributed by atoms with Crippen LogP contribution in [-0.4, -0.2) is 20.3 Å². The molecule has 0 radical (unpaired) electrons. The molecule has 3 rings (SSSR count). The van der Waals surface area contributed by atoms with Crippen LogP contribution in [0, 0.1) is 12.8 Å². The molecule has 0 spiro atoms. The number of nitrogens with zero attached hydrogens (tertiary/aromatic N) is 3. The lowest BCUT2D eigenvalue weighted by Crippen LogP contribution is -2.13. The van der Waals surface area contributed by atoms with Crippen molar-refractivity contribution in [3.8, 4) is 11.5 Å². The maximum Gasteiger partial charge on any atom is 0.261 e. The van der Waals surface area contributed by atoms with Crippen molar-refractivity contribution in [3.63, 3.8) is 0 Å². The monoisotopic (exact) mass is 219 g/mol. The summed E-state index contributed by atoms with van der Waals surface area (Å²) in [7, 11) is 0. The Morgan fingerprint density at radius 3 is 3.00 bits per heavy atom. The molecule has 6 nitrogen and oxygen atoms in total. The van der Waals surface area contributed by atoms with Crippen molar-refractivity contribution in [2.75, 3.05) is 0 Å². The summed E-state index contributed by atoms with van der Waals surface area (Å²) in [5, 5.41) is 10.7. The fourth-order valence-corrected chi connectivity index (χ4v) is 1.71. The molecule has 0 bridgehead atoms. The average molecular weight is 219 g/mol. The lowest BCUT2D eigenvalue weighted by atomic mass is 10.2. The minimum Gasteiger partial charge on any atom is -0.334 e. The molecule has 0 aromatic carbocycles. The summed E-state index contributed by atoms with van der Waals surface area (Å²) in [6, 6.07) is -0.0929. The van der Waals surface area contributed by atoms with E-state index < -0.39 is 0 Å². The van der Waals surface area contributed by atoms with E-state index in [4.69, 9.17) is 10.3 Å². The van der Waals surface area contributed by atoms with Crippen LogP contribution >= 0.6 is 0 Å². The molecule has 1 aliphatic rings. The molecule has 2 aromatic rings. The van der Waals surface area contributed by atoms with Gasteiger partial charge < -0.3 is 10.3 Å². The summed E-state index contributed by atoms with van der Waals surface area (Å²) in [4.78, 5) is 4.31. The Balaban J connectivity index is 1.90. The number of aryl methyl sites for hydroxylation is 1. The number of nitrogens with two attached hydrogens (primary N) is 1. The molecule has 84 valence electrons. The number of H-pyrrole nitrogens is 1. The van der Waals surface area contributed by atoms with Gasteiger partial charge in [-0.25, -0.2) is 0 Å². The van der Waals surface area contributed by atoms with E-state index in [2.05, 4.69) is 20.3 Å². The SMILES string of the molecule is Cc1[nH]ncc1-c1nc(C(N)C2CC2)no1. The number of aromatic nitrogens is 4. The van der Waals surface area contributed by atoms with E-state index in [1.54, 1.807) is 6.20 Å². The fourth-order valence-electron chi connectivity index (χ4n) is 1.71. The predicted octanol–water partition coefficient (Wildman–Crippen LogP) is 1.18. The zero-order valence-electron chi connectivity index (χ0n) is 8.97. The second-order valence-electron chi connectivity index (χ2n) is 4.23. The van der Waals surface area contributed by atoms with Crippen LogP contribution in [0.15, 0.2) is 10.7 Å². The fraction of sp³-hybridized carbons (Fsp3) is 0.500. The Morgan fingerprint density at radius 2 is 2.38 bits per heavy atom. The summed E-state index contributed by atoms with van der Waals surface area (Å²) in [6.07, 6.45) is 4.00. The van der Waals surface area contributed by atoms with Gasteiger partial charge in [-0.05, 0) is 25.7 Å². The predicted molar refractivity (Wildman–Crippen MR) is 56.3 cm³/mol. The second kappa shape index (κ2) is 3.41. The molecule has 2 heterocycles. The van der Waals surface area contributed by atoms with Crippen LogP contribution in [-0.2, 0) is 0 Å². The summed E-state index contributed by atoms with van der Waals surface area (Å²) >= 11 is 0. The second-order valence-corrected chi connectivity index (χ2v) is 4.23. The van der Waals surface area contributed by atoms with Crippen molar-refractivity contribution in [2.24, 2.45) is 11.7 Å². The zero-order chi connectivity index (χ0) is 11.1. The molecule has 6 heteroatoms. The minimum atomic E-state index is -0.0929. The van der Waals surface area contributed by atoms with E-state index in [9.17, 15) is 0 Å². The molecule has 1 unspecified atom stereocenters. The molecule has 1 saturated carbocycles. The van der Waals surface area contributed by atoms with Gasteiger partial charge in [0.15, 0.2) is 5.82 Å². The van der Waals surface area contributed by atoms with Gasteiger partial charge in [0.1, 0.15) is 0 Å². The third-order valence-electron chi connectivity index (χ3n) is 2.93. The first kappa shape index (κ1) is 9.53. The highest BCUT2D eigenvalue weighted by molar-refractivity contribution is 5.54. The minimum absolute atomic E-state index is 0.0929. The Kier molecular flexibility index (Phi) is 2.03. The summed E-state index contributed by atoms with van der Waals surface area (Å²) in [5.74, 6) is 1.60. The summed E-state index contributed by atoms with van der Waals surface area (Å²) in [6.45, 7) is 1.91. The summed E-state index contributed by atoms with van der Waals surface area (Å²) < 4.78 is 5.19. The molecule has 3 N–H and O–H groups in total. The average Bonchev–Trinajstić information content (AvgIpc) is 2.86. The van der Waals surface area contributed by atoms with E-state index in [0.29, 0.717) is 17.6 Å². The van der Waals surface area contributed by atoms with Crippen LogP contribution in [0.1, 0.15) is 30.4 Å². The molecule has 1 atom stereocenters. The van der Waals surface area contributed by atoms with Crippen LogP contribution in [0.5, 0.6) is 0 Å². The number of hydrogen-bond donors (Lipinski definition) is 2. The molecular formula is C10H13N5O. The van der Waals surface area contributed by atoms with E-state index in [1.807, 2.05) is 6.92 Å². The lowest BCUT2D eigenvalue weighted by molar-refractivity contribution is 0.411. The number of hydrogen-bond acceptors (Lipinski definition) is 5. The Labute approximate surface area is 92.2 Å². The first-order chi connectivity index (χ1) is 7.75. The van der Waals surface area contributed by atoms with E-state index in [-0.39, 0.29) is 6.04 Å². The topological polar surface area (TPSA) is 93.6 Å². The molecular weight excluding hydrogens is 206 g/mol. The van der Waals surface area contributed by atoms with Crippen molar-refractivity contribution in [2.45, 2.75) is 25.8 Å². The maximum atomic E-state index is 6.00. The Hall–Kier alpha value is -1.69. The molecule has 1 fully saturated rings. The highest BCUT2D eigenvalue weighted by Gasteiger charge is 2.32. The van der Waals surface area contributed by atoms with Gasteiger partial charge in [-0.1, -0.05) is 5.16 Å². The first-order valence-electron chi connectivity index (χ1n) is 5.35. The Bertz CT molecular complexity index is 499. The van der Waals surface area contributed by atoms with Gasteiger partial charge in [0.05, 0.1) is 17.8 Å².